The summed E-state index contributed by atoms with van der Waals surface area (Å²) in [5.41, 5.74) is 1.76. The van der Waals surface area contributed by atoms with Gasteiger partial charge in [0.1, 0.15) is 6.07 Å². The van der Waals surface area contributed by atoms with Gasteiger partial charge in [0.05, 0.1) is 11.3 Å². The minimum Gasteiger partial charge on any atom is -0.371 e. The van der Waals surface area contributed by atoms with Gasteiger partial charge in [-0.25, -0.2) is 0 Å². The van der Waals surface area contributed by atoms with Crippen LogP contribution in [0.25, 0.3) is 0 Å². The van der Waals surface area contributed by atoms with Crippen LogP contribution in [-0.4, -0.2) is 38.6 Å². The van der Waals surface area contributed by atoms with Gasteiger partial charge in [0, 0.05) is 17.6 Å². The zero-order valence-corrected chi connectivity index (χ0v) is 12.9. The molecule has 0 aliphatic heterocycles. The minimum atomic E-state index is 0.732. The van der Waals surface area contributed by atoms with Gasteiger partial charge in [-0.05, 0) is 52.2 Å². The van der Waals surface area contributed by atoms with E-state index in [-0.39, 0.29) is 0 Å². The van der Waals surface area contributed by atoms with E-state index in [1.165, 1.54) is 0 Å². The van der Waals surface area contributed by atoms with Gasteiger partial charge in [0.15, 0.2) is 0 Å². The van der Waals surface area contributed by atoms with Crippen molar-refractivity contribution in [2.24, 2.45) is 0 Å². The van der Waals surface area contributed by atoms with Crippen molar-refractivity contribution >= 4 is 21.6 Å². The Bertz CT molecular complexity index is 424. The highest BCUT2D eigenvalue weighted by molar-refractivity contribution is 9.10. The number of halogens is 1. The molecule has 0 aliphatic carbocycles. The average Bonchev–Trinajstić information content (AvgIpc) is 2.34. The Morgan fingerprint density at radius 1 is 1.28 bits per heavy atom. The van der Waals surface area contributed by atoms with Crippen LogP contribution in [-0.2, 0) is 0 Å². The lowest BCUT2D eigenvalue weighted by atomic mass is 10.1. The van der Waals surface area contributed by atoms with Crippen molar-refractivity contribution in [1.82, 2.24) is 4.90 Å². The van der Waals surface area contributed by atoms with Gasteiger partial charge in [-0.1, -0.05) is 15.9 Å². The summed E-state index contributed by atoms with van der Waals surface area (Å²) in [4.78, 5) is 4.44. The molecule has 0 heterocycles. The van der Waals surface area contributed by atoms with Crippen molar-refractivity contribution in [2.75, 3.05) is 38.6 Å². The zero-order valence-electron chi connectivity index (χ0n) is 11.3. The third-order valence-corrected chi connectivity index (χ3v) is 3.33. The Morgan fingerprint density at radius 2 is 2.00 bits per heavy atom. The van der Waals surface area contributed by atoms with Crippen LogP contribution < -0.4 is 4.90 Å². The second-order valence-electron chi connectivity index (χ2n) is 4.51. The number of hydrogen-bond donors (Lipinski definition) is 0. The molecule has 0 fully saturated rings. The van der Waals surface area contributed by atoms with Crippen LogP contribution in [0.2, 0.25) is 0 Å². The standard InChI is InChI=1S/C14H20BrN3/c1-4-18(9-5-8-17(2)3)14-7-6-13(15)10-12(14)11-16/h6-7,10H,4-5,8-9H2,1-3H3. The zero-order chi connectivity index (χ0) is 13.5. The SMILES string of the molecule is CCN(CCCN(C)C)c1ccc(Br)cc1C#N. The molecule has 3 nitrogen and oxygen atoms in total. The molecule has 0 unspecified atom stereocenters. The van der Waals surface area contributed by atoms with Crippen LogP contribution >= 0.6 is 15.9 Å². The predicted octanol–water partition coefficient (Wildman–Crippen LogP) is 3.10. The lowest BCUT2D eigenvalue weighted by molar-refractivity contribution is 0.400. The van der Waals surface area contributed by atoms with Crippen molar-refractivity contribution in [3.63, 3.8) is 0 Å². The summed E-state index contributed by atoms with van der Waals surface area (Å²) in [6, 6.07) is 8.15. The van der Waals surface area contributed by atoms with Crippen molar-refractivity contribution in [1.29, 1.82) is 5.26 Å². The number of nitriles is 1. The second kappa shape index (κ2) is 7.40. The Hall–Kier alpha value is -1.05. The van der Waals surface area contributed by atoms with E-state index in [1.54, 1.807) is 0 Å². The Kier molecular flexibility index (Phi) is 6.17. The maximum Gasteiger partial charge on any atom is 0.101 e. The highest BCUT2D eigenvalue weighted by atomic mass is 79.9. The number of nitrogens with zero attached hydrogens (tertiary/aromatic N) is 3. The summed E-state index contributed by atoms with van der Waals surface area (Å²) >= 11 is 3.40. The highest BCUT2D eigenvalue weighted by Crippen LogP contribution is 2.24. The molecule has 4 heteroatoms. The van der Waals surface area contributed by atoms with E-state index in [0.717, 1.165) is 41.8 Å². The molecule has 0 aliphatic rings. The number of anilines is 1. The van der Waals surface area contributed by atoms with Gasteiger partial charge >= 0.3 is 0 Å². The predicted molar refractivity (Wildman–Crippen MR) is 79.9 cm³/mol. The molecule has 0 saturated carbocycles. The number of hydrogen-bond acceptors (Lipinski definition) is 3. The first-order valence-electron chi connectivity index (χ1n) is 6.17. The monoisotopic (exact) mass is 309 g/mol. The third kappa shape index (κ3) is 4.32. The topological polar surface area (TPSA) is 30.3 Å². The van der Waals surface area contributed by atoms with Crippen molar-refractivity contribution in [3.05, 3.63) is 28.2 Å². The molecule has 0 saturated heterocycles. The summed E-state index contributed by atoms with van der Waals surface area (Å²) in [7, 11) is 4.16. The third-order valence-electron chi connectivity index (χ3n) is 2.83. The van der Waals surface area contributed by atoms with Gasteiger partial charge in [0.25, 0.3) is 0 Å². The maximum absolute atomic E-state index is 9.20. The molecule has 0 bridgehead atoms. The highest BCUT2D eigenvalue weighted by Gasteiger charge is 2.10. The molecule has 1 aromatic carbocycles. The molecule has 0 aromatic heterocycles. The molecule has 0 N–H and O–H groups in total. The van der Waals surface area contributed by atoms with E-state index >= 15 is 0 Å². The summed E-state index contributed by atoms with van der Waals surface area (Å²) in [5.74, 6) is 0. The summed E-state index contributed by atoms with van der Waals surface area (Å²) in [5, 5.41) is 9.20. The van der Waals surface area contributed by atoms with E-state index < -0.39 is 0 Å². The van der Waals surface area contributed by atoms with Crippen LogP contribution in [0, 0.1) is 11.3 Å². The van der Waals surface area contributed by atoms with Gasteiger partial charge in [-0.3, -0.25) is 0 Å². The minimum absolute atomic E-state index is 0.732. The lowest BCUT2D eigenvalue weighted by Crippen LogP contribution is -2.27. The van der Waals surface area contributed by atoms with E-state index in [9.17, 15) is 5.26 Å². The van der Waals surface area contributed by atoms with E-state index in [0.29, 0.717) is 0 Å². The molecule has 0 radical (unpaired) electrons. The quantitative estimate of drug-likeness (QED) is 0.809. The largest absolute Gasteiger partial charge is 0.371 e. The number of benzene rings is 1. The van der Waals surface area contributed by atoms with Crippen LogP contribution in [0.1, 0.15) is 18.9 Å². The summed E-state index contributed by atoms with van der Waals surface area (Å²) in [6.07, 6.45) is 1.10. The Morgan fingerprint density at radius 3 is 2.56 bits per heavy atom. The fraction of sp³-hybridized carbons (Fsp3) is 0.500. The fourth-order valence-corrected chi connectivity index (χ4v) is 2.26. The smallest absolute Gasteiger partial charge is 0.101 e. The molecule has 0 amide bonds. The summed E-state index contributed by atoms with van der Waals surface area (Å²) in [6.45, 7) is 5.09. The van der Waals surface area contributed by atoms with Gasteiger partial charge < -0.3 is 9.80 Å². The van der Waals surface area contributed by atoms with Gasteiger partial charge in [-0.15, -0.1) is 0 Å². The van der Waals surface area contributed by atoms with Gasteiger partial charge in [-0.2, -0.15) is 5.26 Å². The molecule has 1 rings (SSSR count). The van der Waals surface area contributed by atoms with Crippen molar-refractivity contribution in [3.8, 4) is 6.07 Å². The Labute approximate surface area is 118 Å². The summed E-state index contributed by atoms with van der Waals surface area (Å²) < 4.78 is 0.951. The second-order valence-corrected chi connectivity index (χ2v) is 5.43. The molecule has 18 heavy (non-hydrogen) atoms. The maximum atomic E-state index is 9.20. The molecule has 0 spiro atoms. The number of rotatable bonds is 6. The first-order valence-corrected chi connectivity index (χ1v) is 6.97. The van der Waals surface area contributed by atoms with Crippen LogP contribution in [0.3, 0.4) is 0 Å². The average molecular weight is 310 g/mol. The van der Waals surface area contributed by atoms with E-state index in [2.05, 4.69) is 52.8 Å². The van der Waals surface area contributed by atoms with E-state index in [1.807, 2.05) is 18.2 Å². The molecule has 1 aromatic rings. The Balaban J connectivity index is 2.79. The van der Waals surface area contributed by atoms with Crippen LogP contribution in [0.4, 0.5) is 5.69 Å². The molecular formula is C14H20BrN3. The fourth-order valence-electron chi connectivity index (χ4n) is 1.90. The normalized spacial score (nSPS) is 10.4. The first kappa shape index (κ1) is 15.0. The van der Waals surface area contributed by atoms with Gasteiger partial charge in [0.2, 0.25) is 0 Å². The van der Waals surface area contributed by atoms with Crippen molar-refractivity contribution < 1.29 is 0 Å². The van der Waals surface area contributed by atoms with Crippen molar-refractivity contribution in [2.45, 2.75) is 13.3 Å². The first-order chi connectivity index (χ1) is 8.58. The van der Waals surface area contributed by atoms with Crippen LogP contribution in [0.15, 0.2) is 22.7 Å². The molecule has 98 valence electrons. The van der Waals surface area contributed by atoms with Crippen LogP contribution in [0.5, 0.6) is 0 Å². The molecular weight excluding hydrogens is 290 g/mol. The molecule has 0 atom stereocenters. The van der Waals surface area contributed by atoms with E-state index in [4.69, 9.17) is 0 Å². The lowest BCUT2D eigenvalue weighted by Gasteiger charge is -2.25.